The van der Waals surface area contributed by atoms with E-state index < -0.39 is 11.4 Å². The molecule has 90 valence electrons. The van der Waals surface area contributed by atoms with Crippen LogP contribution in [0.4, 0.5) is 0 Å². The van der Waals surface area contributed by atoms with Gasteiger partial charge in [0, 0.05) is 23.0 Å². The van der Waals surface area contributed by atoms with Crippen LogP contribution < -0.4 is 4.74 Å². The van der Waals surface area contributed by atoms with Crippen LogP contribution in [0.5, 0.6) is 5.75 Å². The highest BCUT2D eigenvalue weighted by molar-refractivity contribution is 6.03. The Hall–Kier alpha value is -1.84. The molecule has 1 atom stereocenters. The standard InChI is InChI=1S/C13H14O4/c1-13(7-11(15)16)6-9(14)8-4-3-5-10(17-2)12(8)13/h3-5H,6-7H2,1-2H3,(H,15,16). The van der Waals surface area contributed by atoms with Crippen LogP contribution in [0.15, 0.2) is 18.2 Å². The number of carboxylic acids is 1. The van der Waals surface area contributed by atoms with E-state index in [1.165, 1.54) is 7.11 Å². The number of carbonyl (C=O) groups excluding carboxylic acids is 1. The topological polar surface area (TPSA) is 63.6 Å². The lowest BCUT2D eigenvalue weighted by Crippen LogP contribution is -2.23. The number of ether oxygens (including phenoxy) is 1. The van der Waals surface area contributed by atoms with Gasteiger partial charge in [0.05, 0.1) is 13.5 Å². The number of carboxylic acid groups (broad SMARTS) is 1. The molecule has 0 aromatic heterocycles. The number of fused-ring (bicyclic) bond motifs is 1. The molecule has 0 saturated carbocycles. The first-order valence-electron chi connectivity index (χ1n) is 5.40. The Morgan fingerprint density at radius 2 is 2.24 bits per heavy atom. The highest BCUT2D eigenvalue weighted by atomic mass is 16.5. The third-order valence-corrected chi connectivity index (χ3v) is 3.24. The fraction of sp³-hybridized carbons (Fsp3) is 0.385. The largest absolute Gasteiger partial charge is 0.496 e. The summed E-state index contributed by atoms with van der Waals surface area (Å²) in [5.74, 6) is -0.321. The molecule has 4 heteroatoms. The number of hydrogen-bond donors (Lipinski definition) is 1. The maximum Gasteiger partial charge on any atom is 0.304 e. The molecule has 0 fully saturated rings. The predicted octanol–water partition coefficient (Wildman–Crippen LogP) is 2.01. The number of methoxy groups -OCH3 is 1. The van der Waals surface area contributed by atoms with E-state index in [0.717, 1.165) is 5.56 Å². The van der Waals surface area contributed by atoms with Gasteiger partial charge >= 0.3 is 5.97 Å². The van der Waals surface area contributed by atoms with Crippen LogP contribution in [0.1, 0.15) is 35.7 Å². The number of Topliss-reactive ketones (excluding diaryl/α,β-unsaturated/α-hetero) is 1. The van der Waals surface area contributed by atoms with E-state index in [0.29, 0.717) is 11.3 Å². The summed E-state index contributed by atoms with van der Waals surface area (Å²) in [5.41, 5.74) is 0.660. The third-order valence-electron chi connectivity index (χ3n) is 3.24. The summed E-state index contributed by atoms with van der Waals surface area (Å²) in [6.45, 7) is 1.80. The first kappa shape index (κ1) is 11.6. The van der Waals surface area contributed by atoms with Gasteiger partial charge in [0.1, 0.15) is 5.75 Å². The predicted molar refractivity (Wildman–Crippen MR) is 61.5 cm³/mol. The van der Waals surface area contributed by atoms with Gasteiger partial charge in [-0.1, -0.05) is 19.1 Å². The Balaban J connectivity index is 2.58. The van der Waals surface area contributed by atoms with Gasteiger partial charge in [-0.2, -0.15) is 0 Å². The van der Waals surface area contributed by atoms with Crippen molar-refractivity contribution in [2.45, 2.75) is 25.2 Å². The van der Waals surface area contributed by atoms with Crippen molar-refractivity contribution >= 4 is 11.8 Å². The molecule has 0 spiro atoms. The Kier molecular flexibility index (Phi) is 2.65. The van der Waals surface area contributed by atoms with Crippen molar-refractivity contribution in [2.75, 3.05) is 7.11 Å². The van der Waals surface area contributed by atoms with E-state index >= 15 is 0 Å². The van der Waals surface area contributed by atoms with Crippen molar-refractivity contribution in [1.29, 1.82) is 0 Å². The third kappa shape index (κ3) is 1.79. The molecule has 0 radical (unpaired) electrons. The molecule has 2 rings (SSSR count). The molecule has 1 unspecified atom stereocenters. The summed E-state index contributed by atoms with van der Waals surface area (Å²) < 4.78 is 5.24. The van der Waals surface area contributed by atoms with Crippen molar-refractivity contribution in [3.05, 3.63) is 29.3 Å². The van der Waals surface area contributed by atoms with Gasteiger partial charge in [-0.15, -0.1) is 0 Å². The van der Waals surface area contributed by atoms with E-state index in [2.05, 4.69) is 0 Å². The fourth-order valence-corrected chi connectivity index (χ4v) is 2.58. The van der Waals surface area contributed by atoms with Crippen molar-refractivity contribution in [1.82, 2.24) is 0 Å². The molecule has 1 N–H and O–H groups in total. The summed E-state index contributed by atoms with van der Waals surface area (Å²) in [5, 5.41) is 8.96. The van der Waals surface area contributed by atoms with Gasteiger partial charge in [-0.25, -0.2) is 0 Å². The summed E-state index contributed by atoms with van der Waals surface area (Å²) in [6, 6.07) is 5.24. The molecule has 17 heavy (non-hydrogen) atoms. The molecule has 0 saturated heterocycles. The van der Waals surface area contributed by atoms with Crippen LogP contribution in [-0.2, 0) is 10.2 Å². The molecule has 0 bridgehead atoms. The monoisotopic (exact) mass is 234 g/mol. The summed E-state index contributed by atoms with van der Waals surface area (Å²) in [6.07, 6.45) is 0.168. The second-order valence-corrected chi connectivity index (χ2v) is 4.61. The average molecular weight is 234 g/mol. The number of aliphatic carboxylic acids is 1. The molecule has 0 amide bonds. The van der Waals surface area contributed by atoms with Crippen molar-refractivity contribution in [3.8, 4) is 5.75 Å². The minimum absolute atomic E-state index is 0.0114. The molecule has 1 aromatic rings. The molecular formula is C13H14O4. The van der Waals surface area contributed by atoms with Gasteiger partial charge in [0.15, 0.2) is 5.78 Å². The van der Waals surface area contributed by atoms with E-state index in [1.54, 1.807) is 25.1 Å². The minimum atomic E-state index is -0.904. The second kappa shape index (κ2) is 3.87. The van der Waals surface area contributed by atoms with E-state index in [-0.39, 0.29) is 18.6 Å². The van der Waals surface area contributed by atoms with E-state index in [4.69, 9.17) is 9.84 Å². The van der Waals surface area contributed by atoms with Crippen molar-refractivity contribution in [2.24, 2.45) is 0 Å². The highest BCUT2D eigenvalue weighted by Gasteiger charge is 2.43. The number of rotatable bonds is 3. The number of ketones is 1. The van der Waals surface area contributed by atoms with Crippen molar-refractivity contribution in [3.63, 3.8) is 0 Å². The Morgan fingerprint density at radius 3 is 2.82 bits per heavy atom. The van der Waals surface area contributed by atoms with Gasteiger partial charge in [-0.05, 0) is 6.07 Å². The number of hydrogen-bond acceptors (Lipinski definition) is 3. The first-order valence-corrected chi connectivity index (χ1v) is 5.40. The smallest absolute Gasteiger partial charge is 0.304 e. The summed E-state index contributed by atoms with van der Waals surface area (Å²) in [7, 11) is 1.53. The lowest BCUT2D eigenvalue weighted by atomic mass is 9.80. The minimum Gasteiger partial charge on any atom is -0.496 e. The maximum atomic E-state index is 11.9. The summed E-state index contributed by atoms with van der Waals surface area (Å²) >= 11 is 0. The molecule has 1 aromatic carbocycles. The van der Waals surface area contributed by atoms with Gasteiger partial charge < -0.3 is 9.84 Å². The molecule has 1 aliphatic rings. The van der Waals surface area contributed by atoms with E-state index in [1.807, 2.05) is 0 Å². The van der Waals surface area contributed by atoms with Crippen LogP contribution in [0.25, 0.3) is 0 Å². The first-order chi connectivity index (χ1) is 7.98. The van der Waals surface area contributed by atoms with Crippen LogP contribution in [0.2, 0.25) is 0 Å². The number of benzene rings is 1. The second-order valence-electron chi connectivity index (χ2n) is 4.61. The van der Waals surface area contributed by atoms with E-state index in [9.17, 15) is 9.59 Å². The van der Waals surface area contributed by atoms with Crippen LogP contribution >= 0.6 is 0 Å². The Morgan fingerprint density at radius 1 is 1.53 bits per heavy atom. The Bertz CT molecular complexity index is 488. The molecule has 0 aliphatic heterocycles. The maximum absolute atomic E-state index is 11.9. The van der Waals surface area contributed by atoms with Gasteiger partial charge in [-0.3, -0.25) is 9.59 Å². The zero-order valence-electron chi connectivity index (χ0n) is 9.82. The Labute approximate surface area is 99.2 Å². The van der Waals surface area contributed by atoms with Gasteiger partial charge in [0.25, 0.3) is 0 Å². The lowest BCUT2D eigenvalue weighted by Gasteiger charge is -2.24. The fourth-order valence-electron chi connectivity index (χ4n) is 2.58. The average Bonchev–Trinajstić information content (AvgIpc) is 2.50. The highest BCUT2D eigenvalue weighted by Crippen LogP contribution is 2.45. The summed E-state index contributed by atoms with van der Waals surface area (Å²) in [4.78, 5) is 22.8. The molecule has 0 heterocycles. The quantitative estimate of drug-likeness (QED) is 0.869. The SMILES string of the molecule is COc1cccc2c1C(C)(CC(=O)O)CC2=O. The zero-order chi connectivity index (χ0) is 12.6. The van der Waals surface area contributed by atoms with Gasteiger partial charge in [0.2, 0.25) is 0 Å². The van der Waals surface area contributed by atoms with Crippen molar-refractivity contribution < 1.29 is 19.4 Å². The molecule has 1 aliphatic carbocycles. The van der Waals surface area contributed by atoms with Crippen LogP contribution in [-0.4, -0.2) is 24.0 Å². The van der Waals surface area contributed by atoms with Crippen LogP contribution in [0.3, 0.4) is 0 Å². The molecular weight excluding hydrogens is 220 g/mol. The lowest BCUT2D eigenvalue weighted by molar-refractivity contribution is -0.138. The molecule has 4 nitrogen and oxygen atoms in total. The van der Waals surface area contributed by atoms with Crippen LogP contribution in [0, 0.1) is 0 Å². The number of carbonyl (C=O) groups is 2. The zero-order valence-corrected chi connectivity index (χ0v) is 9.82. The normalized spacial score (nSPS) is 22.4.